The van der Waals surface area contributed by atoms with Crippen molar-refractivity contribution in [2.45, 2.75) is 19.9 Å². The van der Waals surface area contributed by atoms with E-state index < -0.39 is 12.1 Å². The van der Waals surface area contributed by atoms with Crippen LogP contribution >= 0.6 is 11.6 Å². The Labute approximate surface area is 157 Å². The SMILES string of the molecule is CC(C)C(NC(=O)Nc1ccccc1)C(=O)Nc1ccc(C#N)c(Cl)c1. The Morgan fingerprint density at radius 3 is 2.31 bits per heavy atom. The molecule has 0 bridgehead atoms. The lowest BCUT2D eigenvalue weighted by molar-refractivity contribution is -0.118. The van der Waals surface area contributed by atoms with Gasteiger partial charge in [-0.05, 0) is 36.2 Å². The summed E-state index contributed by atoms with van der Waals surface area (Å²) in [4.78, 5) is 24.7. The first-order chi connectivity index (χ1) is 12.4. The lowest BCUT2D eigenvalue weighted by atomic mass is 10.0. The standard InChI is InChI=1S/C19H19ClN4O2/c1-12(2)17(24-19(26)23-14-6-4-3-5-7-14)18(25)22-15-9-8-13(11-21)16(20)10-15/h3-10,12,17H,1-2H3,(H,22,25)(H2,23,24,26). The van der Waals surface area contributed by atoms with Gasteiger partial charge < -0.3 is 16.0 Å². The topological polar surface area (TPSA) is 94.0 Å². The number of anilines is 2. The fourth-order valence-electron chi connectivity index (χ4n) is 2.27. The maximum atomic E-state index is 12.5. The van der Waals surface area contributed by atoms with Gasteiger partial charge in [0.1, 0.15) is 12.1 Å². The highest BCUT2D eigenvalue weighted by Gasteiger charge is 2.24. The van der Waals surface area contributed by atoms with Gasteiger partial charge in [-0.2, -0.15) is 5.26 Å². The highest BCUT2D eigenvalue weighted by Crippen LogP contribution is 2.20. The largest absolute Gasteiger partial charge is 0.326 e. The third-order valence-electron chi connectivity index (χ3n) is 3.62. The van der Waals surface area contributed by atoms with Gasteiger partial charge in [0.25, 0.3) is 0 Å². The van der Waals surface area contributed by atoms with Crippen molar-refractivity contribution in [3.63, 3.8) is 0 Å². The Balaban J connectivity index is 2.04. The Kier molecular flexibility index (Phi) is 6.59. The van der Waals surface area contributed by atoms with E-state index >= 15 is 0 Å². The second kappa shape index (κ2) is 8.88. The van der Waals surface area contributed by atoms with Crippen LogP contribution in [0.25, 0.3) is 0 Å². The maximum absolute atomic E-state index is 12.5. The number of nitrogens with one attached hydrogen (secondary N) is 3. The number of rotatable bonds is 5. The van der Waals surface area contributed by atoms with Crippen molar-refractivity contribution >= 4 is 34.9 Å². The highest BCUT2D eigenvalue weighted by atomic mass is 35.5. The number of benzene rings is 2. The van der Waals surface area contributed by atoms with E-state index in [4.69, 9.17) is 16.9 Å². The van der Waals surface area contributed by atoms with Crippen molar-refractivity contribution in [3.8, 4) is 6.07 Å². The van der Waals surface area contributed by atoms with Crippen LogP contribution in [0.15, 0.2) is 48.5 Å². The van der Waals surface area contributed by atoms with Gasteiger partial charge in [-0.25, -0.2) is 4.79 Å². The zero-order valence-corrected chi connectivity index (χ0v) is 15.2. The van der Waals surface area contributed by atoms with Crippen LogP contribution < -0.4 is 16.0 Å². The van der Waals surface area contributed by atoms with Crippen molar-refractivity contribution in [1.82, 2.24) is 5.32 Å². The summed E-state index contributed by atoms with van der Waals surface area (Å²) in [6.45, 7) is 3.66. The average molecular weight is 371 g/mol. The molecule has 1 atom stereocenters. The van der Waals surface area contributed by atoms with Crippen molar-refractivity contribution < 1.29 is 9.59 Å². The summed E-state index contributed by atoms with van der Waals surface area (Å²) in [5, 5.41) is 17.2. The van der Waals surface area contributed by atoms with Crippen LogP contribution in [0.4, 0.5) is 16.2 Å². The first kappa shape index (κ1) is 19.3. The van der Waals surface area contributed by atoms with E-state index in [1.54, 1.807) is 30.3 Å². The number of carbonyl (C=O) groups excluding carboxylic acids is 2. The van der Waals surface area contributed by atoms with Crippen molar-refractivity contribution in [2.75, 3.05) is 10.6 Å². The second-order valence-electron chi connectivity index (χ2n) is 5.98. The smallest absolute Gasteiger partial charge is 0.319 e. The van der Waals surface area contributed by atoms with E-state index in [9.17, 15) is 9.59 Å². The predicted molar refractivity (Wildman–Crippen MR) is 102 cm³/mol. The fourth-order valence-corrected chi connectivity index (χ4v) is 2.49. The minimum atomic E-state index is -0.742. The van der Waals surface area contributed by atoms with E-state index in [0.717, 1.165) is 0 Å². The van der Waals surface area contributed by atoms with Crippen LogP contribution in [-0.2, 0) is 4.79 Å². The van der Waals surface area contributed by atoms with E-state index in [1.165, 1.54) is 12.1 Å². The van der Waals surface area contributed by atoms with Crippen LogP contribution in [0.5, 0.6) is 0 Å². The van der Waals surface area contributed by atoms with Crippen LogP contribution in [0.1, 0.15) is 19.4 Å². The lowest BCUT2D eigenvalue weighted by Crippen LogP contribution is -2.48. The van der Waals surface area contributed by atoms with Gasteiger partial charge in [0.15, 0.2) is 0 Å². The summed E-state index contributed by atoms with van der Waals surface area (Å²) in [7, 11) is 0. The van der Waals surface area contributed by atoms with Crippen LogP contribution in [-0.4, -0.2) is 18.0 Å². The van der Waals surface area contributed by atoms with E-state index in [1.807, 2.05) is 26.0 Å². The van der Waals surface area contributed by atoms with Gasteiger partial charge in [0.05, 0.1) is 10.6 Å². The van der Waals surface area contributed by atoms with Crippen LogP contribution in [0.2, 0.25) is 5.02 Å². The maximum Gasteiger partial charge on any atom is 0.319 e. The summed E-state index contributed by atoms with van der Waals surface area (Å²) >= 11 is 5.98. The third-order valence-corrected chi connectivity index (χ3v) is 3.94. The summed E-state index contributed by atoms with van der Waals surface area (Å²) in [5.74, 6) is -0.505. The Bertz CT molecular complexity index is 831. The number of amides is 3. The number of urea groups is 1. The van der Waals surface area contributed by atoms with Crippen LogP contribution in [0, 0.1) is 17.2 Å². The molecule has 0 saturated carbocycles. The number of nitrogens with zero attached hydrogens (tertiary/aromatic N) is 1. The number of halogens is 1. The molecule has 0 saturated heterocycles. The van der Waals surface area contributed by atoms with E-state index in [2.05, 4.69) is 16.0 Å². The molecule has 0 spiro atoms. The number of hydrogen-bond acceptors (Lipinski definition) is 3. The molecule has 3 amide bonds. The molecule has 0 aliphatic heterocycles. The monoisotopic (exact) mass is 370 g/mol. The minimum absolute atomic E-state index is 0.134. The molecule has 7 heteroatoms. The van der Waals surface area contributed by atoms with E-state index in [-0.39, 0.29) is 16.8 Å². The van der Waals surface area contributed by atoms with Gasteiger partial charge >= 0.3 is 6.03 Å². The molecule has 2 aromatic carbocycles. The third kappa shape index (κ3) is 5.23. The molecule has 0 aliphatic carbocycles. The summed E-state index contributed by atoms with van der Waals surface area (Å²) in [6.07, 6.45) is 0. The molecule has 0 aliphatic rings. The molecular formula is C19H19ClN4O2. The first-order valence-corrected chi connectivity index (χ1v) is 8.41. The molecule has 2 aromatic rings. The number of carbonyl (C=O) groups is 2. The molecule has 3 N–H and O–H groups in total. The fraction of sp³-hybridized carbons (Fsp3) is 0.211. The van der Waals surface area contributed by atoms with Gasteiger partial charge in [-0.1, -0.05) is 43.6 Å². The van der Waals surface area contributed by atoms with Gasteiger partial charge in [0.2, 0.25) is 5.91 Å². The Morgan fingerprint density at radius 1 is 1.04 bits per heavy atom. The van der Waals surface area contributed by atoms with Gasteiger partial charge in [-0.15, -0.1) is 0 Å². The molecule has 1 unspecified atom stereocenters. The Hall–Kier alpha value is -3.04. The van der Waals surface area contributed by atoms with Crippen LogP contribution in [0.3, 0.4) is 0 Å². The molecule has 6 nitrogen and oxygen atoms in total. The van der Waals surface area contributed by atoms with Crippen molar-refractivity contribution in [3.05, 3.63) is 59.1 Å². The normalized spacial score (nSPS) is 11.3. The van der Waals surface area contributed by atoms with Gasteiger partial charge in [0, 0.05) is 11.4 Å². The van der Waals surface area contributed by atoms with E-state index in [0.29, 0.717) is 16.9 Å². The number of para-hydroxylation sites is 1. The molecule has 134 valence electrons. The summed E-state index contributed by atoms with van der Waals surface area (Å²) in [5.41, 5.74) is 1.41. The minimum Gasteiger partial charge on any atom is -0.326 e. The number of hydrogen-bond donors (Lipinski definition) is 3. The Morgan fingerprint density at radius 2 is 1.73 bits per heavy atom. The molecule has 0 fully saturated rings. The quantitative estimate of drug-likeness (QED) is 0.742. The molecule has 26 heavy (non-hydrogen) atoms. The molecule has 0 radical (unpaired) electrons. The summed E-state index contributed by atoms with van der Waals surface area (Å²) < 4.78 is 0. The van der Waals surface area contributed by atoms with Gasteiger partial charge in [-0.3, -0.25) is 4.79 Å². The average Bonchev–Trinajstić information content (AvgIpc) is 2.60. The van der Waals surface area contributed by atoms with Crippen molar-refractivity contribution in [1.29, 1.82) is 5.26 Å². The lowest BCUT2D eigenvalue weighted by Gasteiger charge is -2.22. The van der Waals surface area contributed by atoms with Crippen molar-refractivity contribution in [2.24, 2.45) is 5.92 Å². The number of nitriles is 1. The first-order valence-electron chi connectivity index (χ1n) is 8.03. The molecule has 2 rings (SSSR count). The zero-order chi connectivity index (χ0) is 19.1. The zero-order valence-electron chi connectivity index (χ0n) is 14.4. The molecular weight excluding hydrogens is 352 g/mol. The second-order valence-corrected chi connectivity index (χ2v) is 6.39. The highest BCUT2D eigenvalue weighted by molar-refractivity contribution is 6.32. The molecule has 0 heterocycles. The summed E-state index contributed by atoms with van der Waals surface area (Å²) in [6, 6.07) is 14.3. The molecule has 0 aromatic heterocycles. The predicted octanol–water partition coefficient (Wildman–Crippen LogP) is 4.00.